The van der Waals surface area contributed by atoms with Crippen LogP contribution in [-0.2, 0) is 19.1 Å². The van der Waals surface area contributed by atoms with Crippen molar-refractivity contribution in [2.24, 2.45) is 0 Å². The van der Waals surface area contributed by atoms with Gasteiger partial charge in [-0.25, -0.2) is 14.0 Å². The molecule has 0 unspecified atom stereocenters. The highest BCUT2D eigenvalue weighted by Gasteiger charge is 2.38. The molecule has 0 saturated carbocycles. The van der Waals surface area contributed by atoms with Gasteiger partial charge in [0.1, 0.15) is 29.8 Å². The van der Waals surface area contributed by atoms with Crippen LogP contribution in [0.4, 0.5) is 9.18 Å². The Morgan fingerprint density at radius 1 is 1.12 bits per heavy atom. The van der Waals surface area contributed by atoms with Gasteiger partial charge in [-0.05, 0) is 51.8 Å². The van der Waals surface area contributed by atoms with Crippen molar-refractivity contribution < 1.29 is 42.9 Å². The van der Waals surface area contributed by atoms with Crippen molar-refractivity contribution in [3.05, 3.63) is 29.6 Å². The average Bonchev–Trinajstić information content (AvgIpc) is 3.25. The smallest absolute Gasteiger partial charge is 0.407 e. The van der Waals surface area contributed by atoms with Crippen molar-refractivity contribution in [3.8, 4) is 5.75 Å². The molecular formula is C27H37FN4O8. The van der Waals surface area contributed by atoms with Crippen LogP contribution in [0, 0.1) is 5.82 Å². The van der Waals surface area contributed by atoms with Gasteiger partial charge in [0.2, 0.25) is 11.8 Å². The molecule has 3 atom stereocenters. The molecule has 3 rings (SSSR count). The Balaban J connectivity index is 1.91. The van der Waals surface area contributed by atoms with Crippen LogP contribution in [0.3, 0.4) is 0 Å². The van der Waals surface area contributed by atoms with E-state index in [9.17, 15) is 33.5 Å². The van der Waals surface area contributed by atoms with Gasteiger partial charge in [-0.15, -0.1) is 0 Å². The number of amides is 4. The maximum atomic E-state index is 14.2. The van der Waals surface area contributed by atoms with Crippen LogP contribution in [0.2, 0.25) is 0 Å². The number of likely N-dealkylation sites (N-methyl/N-ethyl adjacent to an activating group) is 1. The normalized spacial score (nSPS) is 23.3. The summed E-state index contributed by atoms with van der Waals surface area (Å²) in [6.07, 6.45) is -0.657. The summed E-state index contributed by atoms with van der Waals surface area (Å²) in [4.78, 5) is 67.4. The Morgan fingerprint density at radius 3 is 2.48 bits per heavy atom. The number of halogens is 1. The van der Waals surface area contributed by atoms with Gasteiger partial charge in [0.25, 0.3) is 5.91 Å². The number of hydrogen-bond donors (Lipinski definition) is 2. The summed E-state index contributed by atoms with van der Waals surface area (Å²) in [6, 6.07) is 1.04. The van der Waals surface area contributed by atoms with E-state index in [1.165, 1.54) is 25.1 Å². The number of fused-ring (bicyclic) bond motifs is 2. The van der Waals surface area contributed by atoms with Crippen LogP contribution < -0.4 is 10.1 Å². The lowest BCUT2D eigenvalue weighted by Crippen LogP contribution is -2.44. The molecule has 0 spiro atoms. The number of rotatable bonds is 2. The Morgan fingerprint density at radius 2 is 1.82 bits per heavy atom. The average molecular weight is 565 g/mol. The van der Waals surface area contributed by atoms with E-state index in [2.05, 4.69) is 5.32 Å². The van der Waals surface area contributed by atoms with E-state index in [-0.39, 0.29) is 62.1 Å². The van der Waals surface area contributed by atoms with E-state index in [0.717, 1.165) is 17.0 Å². The van der Waals surface area contributed by atoms with Crippen LogP contribution in [0.1, 0.15) is 56.8 Å². The van der Waals surface area contributed by atoms with E-state index in [4.69, 9.17) is 9.47 Å². The molecule has 0 aromatic heterocycles. The fourth-order valence-electron chi connectivity index (χ4n) is 4.74. The maximum absolute atomic E-state index is 14.2. The molecule has 2 N–H and O–H groups in total. The van der Waals surface area contributed by atoms with Crippen molar-refractivity contribution in [1.82, 2.24) is 20.0 Å². The fourth-order valence-corrected chi connectivity index (χ4v) is 4.74. The summed E-state index contributed by atoms with van der Waals surface area (Å²) < 4.78 is 25.4. The van der Waals surface area contributed by atoms with Gasteiger partial charge in [0.05, 0.1) is 17.6 Å². The number of carbonyl (C=O) groups is 5. The lowest BCUT2D eigenvalue weighted by Gasteiger charge is -2.29. The number of nitrogens with zero attached hydrogens (tertiary/aromatic N) is 3. The Kier molecular flexibility index (Phi) is 9.59. The lowest BCUT2D eigenvalue weighted by atomic mass is 10.1. The predicted octanol–water partition coefficient (Wildman–Crippen LogP) is 1.87. The van der Waals surface area contributed by atoms with Crippen molar-refractivity contribution >= 4 is 29.8 Å². The number of carboxylic acids is 1. The second-order valence-electron chi connectivity index (χ2n) is 11.1. The first-order chi connectivity index (χ1) is 18.7. The molecule has 4 amide bonds. The first-order valence-electron chi connectivity index (χ1n) is 13.1. The number of hydrogen-bond acceptors (Lipinski definition) is 7. The Bertz CT molecular complexity index is 1150. The van der Waals surface area contributed by atoms with Gasteiger partial charge in [-0.2, -0.15) is 0 Å². The maximum Gasteiger partial charge on any atom is 0.407 e. The molecule has 2 aliphatic rings. The zero-order valence-electron chi connectivity index (χ0n) is 23.4. The quantitative estimate of drug-likeness (QED) is 0.554. The molecular weight excluding hydrogens is 527 g/mol. The second-order valence-corrected chi connectivity index (χ2v) is 11.1. The molecule has 2 aliphatic heterocycles. The number of nitrogens with one attached hydrogen (secondary N) is 1. The minimum Gasteiger partial charge on any atom is -0.491 e. The van der Waals surface area contributed by atoms with Crippen LogP contribution in [0.5, 0.6) is 5.75 Å². The minimum atomic E-state index is -1.35. The standard InChI is InChI=1S/C27H37FN4O8/c1-27(2,3)40-26(38)29-17-13-18-15-39-21-8-6-16(28)12-19(21)24(35)31(5)20(25(36)37)7-9-22(33)30(4)11-10-23(34)32(18)14-17/h6,8,12,17-18,20H,7,9-11,13-15H2,1-5H3,(H,29,38)(H,36,37)/t17-,18+,20+/m1/s1. The first-order valence-corrected chi connectivity index (χ1v) is 13.1. The zero-order chi connectivity index (χ0) is 29.8. The summed E-state index contributed by atoms with van der Waals surface area (Å²) >= 11 is 0. The molecule has 40 heavy (non-hydrogen) atoms. The van der Waals surface area contributed by atoms with Gasteiger partial charge >= 0.3 is 12.1 Å². The zero-order valence-corrected chi connectivity index (χ0v) is 23.4. The van der Waals surface area contributed by atoms with E-state index in [1.54, 1.807) is 25.7 Å². The number of carbonyl (C=O) groups excluding carboxylic acids is 4. The van der Waals surface area contributed by atoms with Crippen molar-refractivity contribution in [2.75, 3.05) is 33.8 Å². The summed E-state index contributed by atoms with van der Waals surface area (Å²) in [6.45, 7) is 5.41. The molecule has 0 radical (unpaired) electrons. The van der Waals surface area contributed by atoms with Crippen LogP contribution in [0.25, 0.3) is 0 Å². The minimum absolute atomic E-state index is 0.000440. The summed E-state index contributed by atoms with van der Waals surface area (Å²) in [5.41, 5.74) is -0.900. The molecule has 2 heterocycles. The topological polar surface area (TPSA) is 146 Å². The first kappa shape index (κ1) is 30.6. The van der Waals surface area contributed by atoms with Crippen molar-refractivity contribution in [3.63, 3.8) is 0 Å². The highest BCUT2D eigenvalue weighted by molar-refractivity contribution is 5.99. The number of aliphatic carboxylic acids is 1. The molecule has 0 bridgehead atoms. The van der Waals surface area contributed by atoms with Crippen LogP contribution >= 0.6 is 0 Å². The van der Waals surface area contributed by atoms with Crippen molar-refractivity contribution in [2.45, 2.75) is 70.2 Å². The summed E-state index contributed by atoms with van der Waals surface area (Å²) in [5, 5.41) is 12.5. The Hall–Kier alpha value is -3.90. The summed E-state index contributed by atoms with van der Waals surface area (Å²) in [5.74, 6) is -3.47. The van der Waals surface area contributed by atoms with Crippen molar-refractivity contribution in [1.29, 1.82) is 0 Å². The van der Waals surface area contributed by atoms with E-state index in [1.807, 2.05) is 0 Å². The highest BCUT2D eigenvalue weighted by Crippen LogP contribution is 2.26. The molecule has 1 aromatic carbocycles. The molecule has 1 aromatic rings. The number of alkyl carbamates (subject to hydrolysis) is 1. The van der Waals surface area contributed by atoms with Gasteiger partial charge in [0, 0.05) is 40.0 Å². The second kappa shape index (κ2) is 12.5. The van der Waals surface area contributed by atoms with Crippen LogP contribution in [0.15, 0.2) is 18.2 Å². The molecule has 1 fully saturated rings. The summed E-state index contributed by atoms with van der Waals surface area (Å²) in [7, 11) is 2.79. The third kappa shape index (κ3) is 7.82. The molecule has 220 valence electrons. The number of carboxylic acid groups (broad SMARTS) is 1. The predicted molar refractivity (Wildman–Crippen MR) is 140 cm³/mol. The van der Waals surface area contributed by atoms with Crippen LogP contribution in [-0.4, -0.2) is 107 Å². The van der Waals surface area contributed by atoms with Gasteiger partial charge < -0.3 is 34.6 Å². The highest BCUT2D eigenvalue weighted by atomic mass is 19.1. The van der Waals surface area contributed by atoms with Gasteiger partial charge in [-0.1, -0.05) is 0 Å². The number of benzene rings is 1. The number of ether oxygens (including phenoxy) is 2. The molecule has 1 saturated heterocycles. The SMILES string of the molecule is CN1CCC(=O)N2C[C@H](NC(=O)OC(C)(C)C)C[C@H]2COc2ccc(F)cc2C(=O)N(C)[C@H](C(=O)O)CCC1=O. The Labute approximate surface area is 232 Å². The molecule has 13 heteroatoms. The van der Waals surface area contributed by atoms with E-state index in [0.29, 0.717) is 6.42 Å². The van der Waals surface area contributed by atoms with Gasteiger partial charge in [-0.3, -0.25) is 14.4 Å². The largest absolute Gasteiger partial charge is 0.491 e. The lowest BCUT2D eigenvalue weighted by molar-refractivity contribution is -0.142. The molecule has 0 aliphatic carbocycles. The van der Waals surface area contributed by atoms with Gasteiger partial charge in [0.15, 0.2) is 0 Å². The fraction of sp³-hybridized carbons (Fsp3) is 0.593. The third-order valence-corrected chi connectivity index (χ3v) is 6.85. The third-order valence-electron chi connectivity index (χ3n) is 6.85. The molecule has 12 nitrogen and oxygen atoms in total. The van der Waals surface area contributed by atoms with E-state index >= 15 is 0 Å². The van der Waals surface area contributed by atoms with E-state index < -0.39 is 47.5 Å². The monoisotopic (exact) mass is 564 g/mol.